The Labute approximate surface area is 234 Å². The number of rotatable bonds is 4. The molecule has 0 saturated heterocycles. The molecule has 0 spiro atoms. The van der Waals surface area contributed by atoms with Crippen LogP contribution in [0, 0.1) is 0 Å². The van der Waals surface area contributed by atoms with Crippen molar-refractivity contribution in [3.63, 3.8) is 0 Å². The largest absolute Gasteiger partial charge is 0.294 e. The minimum absolute atomic E-state index is 0.663. The average molecular weight is 532 g/mol. The molecule has 6 heteroatoms. The zero-order chi connectivity index (χ0) is 26.5. The molecule has 0 atom stereocenters. The first-order chi connectivity index (χ1) is 19.8. The maximum atomic E-state index is 5.13. The molecule has 0 fully saturated rings. The van der Waals surface area contributed by atoms with Crippen molar-refractivity contribution in [2.24, 2.45) is 0 Å². The molecule has 8 aromatic rings. The number of fused-ring (bicyclic) bond motifs is 5. The number of aromatic nitrogens is 5. The number of hydrogen-bond donors (Lipinski definition) is 0. The van der Waals surface area contributed by atoms with Gasteiger partial charge in [0.1, 0.15) is 5.82 Å². The van der Waals surface area contributed by atoms with Crippen molar-refractivity contribution >= 4 is 43.2 Å². The highest BCUT2D eigenvalue weighted by Gasteiger charge is 2.18. The second kappa shape index (κ2) is 9.22. The highest BCUT2D eigenvalue weighted by molar-refractivity contribution is 7.18. The maximum Gasteiger partial charge on any atom is 0.162 e. The monoisotopic (exact) mass is 531 g/mol. The van der Waals surface area contributed by atoms with E-state index in [2.05, 4.69) is 92.7 Å². The van der Waals surface area contributed by atoms with Crippen molar-refractivity contribution in [3.05, 3.63) is 127 Å². The van der Waals surface area contributed by atoms with Crippen molar-refractivity contribution in [2.75, 3.05) is 0 Å². The third kappa shape index (κ3) is 3.69. The number of hydrogen-bond acceptors (Lipinski definition) is 5. The maximum absolute atomic E-state index is 5.13. The van der Waals surface area contributed by atoms with Crippen LogP contribution in [-0.4, -0.2) is 24.5 Å². The lowest BCUT2D eigenvalue weighted by Crippen LogP contribution is -2.02. The van der Waals surface area contributed by atoms with Gasteiger partial charge in [-0.25, -0.2) is 9.97 Å². The predicted molar refractivity (Wildman–Crippen MR) is 164 cm³/mol. The molecule has 8 rings (SSSR count). The van der Waals surface area contributed by atoms with Gasteiger partial charge >= 0.3 is 0 Å². The van der Waals surface area contributed by atoms with Crippen molar-refractivity contribution in [1.82, 2.24) is 24.5 Å². The summed E-state index contributed by atoms with van der Waals surface area (Å²) in [7, 11) is 0. The van der Waals surface area contributed by atoms with E-state index in [0.29, 0.717) is 5.82 Å². The van der Waals surface area contributed by atoms with Crippen LogP contribution in [0.3, 0.4) is 0 Å². The molecule has 0 radical (unpaired) electrons. The average Bonchev–Trinajstić information content (AvgIpc) is 3.64. The van der Waals surface area contributed by atoms with Gasteiger partial charge in [0.15, 0.2) is 5.82 Å². The van der Waals surface area contributed by atoms with Crippen molar-refractivity contribution in [2.45, 2.75) is 0 Å². The second-order valence-electron chi connectivity index (χ2n) is 9.64. The lowest BCUT2D eigenvalue weighted by molar-refractivity contribution is 1.05. The fourth-order valence-electron chi connectivity index (χ4n) is 5.43. The molecular formula is C34H21N5S. The Morgan fingerprint density at radius 2 is 1.27 bits per heavy atom. The van der Waals surface area contributed by atoms with Gasteiger partial charge in [-0.2, -0.15) is 0 Å². The number of benzene rings is 3. The molecule has 0 aliphatic heterocycles. The molecular weight excluding hydrogens is 510 g/mol. The molecule has 0 N–H and O–H groups in total. The number of thiophene rings is 1. The lowest BCUT2D eigenvalue weighted by atomic mass is 10.0. The Hall–Kier alpha value is -5.20. The molecule has 3 aromatic carbocycles. The number of para-hydroxylation sites is 1. The van der Waals surface area contributed by atoms with Crippen LogP contribution in [0.5, 0.6) is 0 Å². The predicted octanol–water partition coefficient (Wildman–Crippen LogP) is 8.58. The molecule has 0 amide bonds. The quantitative estimate of drug-likeness (QED) is 0.228. The smallest absolute Gasteiger partial charge is 0.162 e. The minimum Gasteiger partial charge on any atom is -0.294 e. The van der Waals surface area contributed by atoms with Crippen molar-refractivity contribution < 1.29 is 0 Å². The van der Waals surface area contributed by atoms with Gasteiger partial charge in [-0.05, 0) is 64.4 Å². The van der Waals surface area contributed by atoms with Gasteiger partial charge < -0.3 is 0 Å². The van der Waals surface area contributed by atoms with Gasteiger partial charge in [0.2, 0.25) is 0 Å². The number of nitrogens with zero attached hydrogens (tertiary/aromatic N) is 5. The van der Waals surface area contributed by atoms with E-state index in [1.807, 2.05) is 36.7 Å². The van der Waals surface area contributed by atoms with E-state index in [4.69, 9.17) is 9.97 Å². The summed E-state index contributed by atoms with van der Waals surface area (Å²) in [4.78, 5) is 18.5. The third-order valence-electron chi connectivity index (χ3n) is 7.33. The number of pyridine rings is 2. The Bertz CT molecular complexity index is 2150. The van der Waals surface area contributed by atoms with E-state index < -0.39 is 0 Å². The molecule has 0 unspecified atom stereocenters. The van der Waals surface area contributed by atoms with Crippen LogP contribution in [0.4, 0.5) is 0 Å². The molecule has 188 valence electrons. The van der Waals surface area contributed by atoms with Crippen LogP contribution >= 0.6 is 11.3 Å². The Balaban J connectivity index is 1.38. The second-order valence-corrected chi connectivity index (χ2v) is 10.6. The van der Waals surface area contributed by atoms with Crippen molar-refractivity contribution in [3.8, 4) is 39.6 Å². The molecule has 5 nitrogen and oxygen atoms in total. The highest BCUT2D eigenvalue weighted by Crippen LogP contribution is 2.39. The van der Waals surface area contributed by atoms with Gasteiger partial charge in [-0.1, -0.05) is 48.5 Å². The van der Waals surface area contributed by atoms with Gasteiger partial charge in [0, 0.05) is 57.5 Å². The first-order valence-corrected chi connectivity index (χ1v) is 13.9. The zero-order valence-electron chi connectivity index (χ0n) is 21.3. The molecule has 0 bridgehead atoms. The summed E-state index contributed by atoms with van der Waals surface area (Å²) in [5, 5.41) is 5.90. The van der Waals surface area contributed by atoms with Crippen LogP contribution in [0.15, 0.2) is 127 Å². The Kier molecular flexibility index (Phi) is 5.24. The van der Waals surface area contributed by atoms with E-state index in [1.165, 1.54) is 20.9 Å². The summed E-state index contributed by atoms with van der Waals surface area (Å²) in [6.07, 6.45) is 7.19. The van der Waals surface area contributed by atoms with Crippen LogP contribution in [0.25, 0.3) is 71.5 Å². The van der Waals surface area contributed by atoms with Crippen LogP contribution in [0.2, 0.25) is 0 Å². The van der Waals surface area contributed by atoms with Crippen LogP contribution in [0.1, 0.15) is 0 Å². The topological polar surface area (TPSA) is 56.5 Å². The molecule has 5 aromatic heterocycles. The fourth-order valence-corrected chi connectivity index (χ4v) is 6.39. The van der Waals surface area contributed by atoms with E-state index in [0.717, 1.165) is 44.8 Å². The molecule has 0 saturated carbocycles. The summed E-state index contributed by atoms with van der Waals surface area (Å²) in [6.45, 7) is 0. The van der Waals surface area contributed by atoms with E-state index >= 15 is 0 Å². The Morgan fingerprint density at radius 3 is 2.08 bits per heavy atom. The summed E-state index contributed by atoms with van der Waals surface area (Å²) in [5.74, 6) is 1.49. The SMILES string of the molecule is c1ccc2c(c1)c1c3sccc3ccc1n2-c1cc(-c2ccc(-c3ccncc3)cc2)nc(-c2ccncc2)n1. The molecule has 5 heterocycles. The molecule has 40 heavy (non-hydrogen) atoms. The summed E-state index contributed by atoms with van der Waals surface area (Å²) >= 11 is 1.78. The summed E-state index contributed by atoms with van der Waals surface area (Å²) in [5.41, 5.74) is 7.34. The molecule has 0 aliphatic carbocycles. The van der Waals surface area contributed by atoms with E-state index in [1.54, 1.807) is 23.7 Å². The van der Waals surface area contributed by atoms with E-state index in [-0.39, 0.29) is 0 Å². The highest BCUT2D eigenvalue weighted by atomic mass is 32.1. The summed E-state index contributed by atoms with van der Waals surface area (Å²) < 4.78 is 3.56. The van der Waals surface area contributed by atoms with Gasteiger partial charge in [0.05, 0.1) is 16.7 Å². The van der Waals surface area contributed by atoms with Gasteiger partial charge in [-0.15, -0.1) is 11.3 Å². The first-order valence-electron chi connectivity index (χ1n) is 13.0. The standard InChI is InChI=1S/C34H21N5S/c1-2-4-29-27(3-1)32-30(10-9-25-15-20-40-33(25)32)39(29)31-21-28(37-34(38-31)26-13-18-36-19-14-26)24-7-5-22(6-8-24)23-11-16-35-17-12-23/h1-21H. The minimum atomic E-state index is 0.663. The fraction of sp³-hybridized carbons (Fsp3) is 0. The first kappa shape index (κ1) is 22.8. The van der Waals surface area contributed by atoms with Gasteiger partial charge in [-0.3, -0.25) is 14.5 Å². The van der Waals surface area contributed by atoms with Crippen molar-refractivity contribution in [1.29, 1.82) is 0 Å². The van der Waals surface area contributed by atoms with E-state index in [9.17, 15) is 0 Å². The van der Waals surface area contributed by atoms with Crippen LogP contribution in [-0.2, 0) is 0 Å². The van der Waals surface area contributed by atoms with Crippen LogP contribution < -0.4 is 0 Å². The normalized spacial score (nSPS) is 11.5. The molecule has 0 aliphatic rings. The van der Waals surface area contributed by atoms with Gasteiger partial charge in [0.25, 0.3) is 0 Å². The Morgan fingerprint density at radius 1 is 0.575 bits per heavy atom. The zero-order valence-corrected chi connectivity index (χ0v) is 22.1. The summed E-state index contributed by atoms with van der Waals surface area (Å²) in [6, 6.07) is 33.7. The lowest BCUT2D eigenvalue weighted by Gasteiger charge is -2.12. The third-order valence-corrected chi connectivity index (χ3v) is 8.28.